The molecule has 2 aliphatic heterocycles. The third-order valence-electron chi connectivity index (χ3n) is 2.92. The Morgan fingerprint density at radius 3 is 2.75 bits per heavy atom. The monoisotopic (exact) mass is 297 g/mol. The van der Waals surface area contributed by atoms with Crippen LogP contribution in [-0.2, 0) is 4.74 Å². The molecule has 1 aromatic carbocycles. The Kier molecular flexibility index (Phi) is 3.27. The maximum absolute atomic E-state index is 11.7. The largest absolute Gasteiger partial charge is 0.454 e. The molecule has 0 aromatic heterocycles. The molecule has 0 aliphatic carbocycles. The van der Waals surface area contributed by atoms with E-state index in [-0.39, 0.29) is 18.5 Å². The summed E-state index contributed by atoms with van der Waals surface area (Å²) >= 11 is 5.64. The Morgan fingerprint density at radius 1 is 1.35 bits per heavy atom. The van der Waals surface area contributed by atoms with E-state index in [1.807, 2.05) is 0 Å². The molecular formula is C12H12ClN3O4. The van der Waals surface area contributed by atoms with Gasteiger partial charge in [0.15, 0.2) is 11.5 Å². The fraction of sp³-hybridized carbons (Fsp3) is 0.333. The van der Waals surface area contributed by atoms with Crippen molar-refractivity contribution in [1.82, 2.24) is 0 Å². The molecule has 20 heavy (non-hydrogen) atoms. The third-order valence-corrected chi connectivity index (χ3v) is 3.20. The van der Waals surface area contributed by atoms with Crippen LogP contribution in [0.3, 0.4) is 0 Å². The van der Waals surface area contributed by atoms with Crippen LogP contribution < -0.4 is 20.1 Å². The number of carbonyl (C=O) groups is 1. The van der Waals surface area contributed by atoms with Crippen molar-refractivity contribution in [2.75, 3.05) is 30.7 Å². The minimum atomic E-state index is -0.426. The zero-order chi connectivity index (χ0) is 14.1. The Bertz CT molecular complexity index is 590. The first-order chi connectivity index (χ1) is 9.69. The number of hydrogen-bond acceptors (Lipinski definition) is 5. The molecule has 0 saturated carbocycles. The van der Waals surface area contributed by atoms with E-state index in [0.717, 1.165) is 0 Å². The number of halogens is 1. The fourth-order valence-corrected chi connectivity index (χ4v) is 2.08. The molecule has 2 N–H and O–H groups in total. The molecule has 0 radical (unpaired) electrons. The van der Waals surface area contributed by atoms with Crippen LogP contribution in [-0.4, -0.2) is 37.8 Å². The molecule has 7 nitrogen and oxygen atoms in total. The molecule has 3 rings (SSSR count). The molecule has 0 atom stereocenters. The van der Waals surface area contributed by atoms with E-state index in [2.05, 4.69) is 4.99 Å². The number of amides is 1. The Labute approximate surface area is 119 Å². The number of carbonyl (C=O) groups excluding carboxylic acids is 1. The van der Waals surface area contributed by atoms with Gasteiger partial charge >= 0.3 is 6.09 Å². The summed E-state index contributed by atoms with van der Waals surface area (Å²) in [6.07, 6.45) is -0.426. The van der Waals surface area contributed by atoms with E-state index in [0.29, 0.717) is 36.0 Å². The van der Waals surface area contributed by atoms with E-state index < -0.39 is 6.09 Å². The number of benzene rings is 1. The lowest BCUT2D eigenvalue weighted by Gasteiger charge is -2.16. The second-order valence-electron chi connectivity index (χ2n) is 4.20. The first-order valence-electron chi connectivity index (χ1n) is 5.96. The van der Waals surface area contributed by atoms with Crippen molar-refractivity contribution < 1.29 is 19.0 Å². The third kappa shape index (κ3) is 2.20. The number of cyclic esters (lactones) is 1. The molecule has 0 bridgehead atoms. The van der Waals surface area contributed by atoms with Gasteiger partial charge in [-0.2, -0.15) is 0 Å². The maximum atomic E-state index is 11.7. The average Bonchev–Trinajstić information content (AvgIpc) is 3.05. The van der Waals surface area contributed by atoms with Crippen LogP contribution in [0, 0.1) is 0 Å². The molecule has 1 fully saturated rings. The predicted molar refractivity (Wildman–Crippen MR) is 73.3 cm³/mol. The van der Waals surface area contributed by atoms with E-state index >= 15 is 0 Å². The molecule has 1 amide bonds. The summed E-state index contributed by atoms with van der Waals surface area (Å²) < 4.78 is 15.5. The number of rotatable bonds is 3. The van der Waals surface area contributed by atoms with Crippen LogP contribution in [0.1, 0.15) is 0 Å². The first-order valence-corrected chi connectivity index (χ1v) is 6.49. The minimum Gasteiger partial charge on any atom is -0.454 e. The van der Waals surface area contributed by atoms with Crippen molar-refractivity contribution in [2.45, 2.75) is 0 Å². The summed E-state index contributed by atoms with van der Waals surface area (Å²) in [5.41, 5.74) is 6.72. The van der Waals surface area contributed by atoms with Gasteiger partial charge < -0.3 is 19.9 Å². The quantitative estimate of drug-likeness (QED) is 0.520. The molecule has 2 heterocycles. The number of fused-ring (bicyclic) bond motifs is 1. The molecule has 1 saturated heterocycles. The van der Waals surface area contributed by atoms with Crippen LogP contribution in [0.4, 0.5) is 16.2 Å². The van der Waals surface area contributed by atoms with E-state index in [1.165, 1.54) is 4.90 Å². The van der Waals surface area contributed by atoms with Crippen molar-refractivity contribution in [3.63, 3.8) is 0 Å². The number of amidine groups is 1. The molecular weight excluding hydrogens is 286 g/mol. The average molecular weight is 298 g/mol. The highest BCUT2D eigenvalue weighted by Crippen LogP contribution is 2.43. The predicted octanol–water partition coefficient (Wildman–Crippen LogP) is 1.60. The lowest BCUT2D eigenvalue weighted by molar-refractivity contribution is 0.174. The van der Waals surface area contributed by atoms with E-state index in [4.69, 9.17) is 31.5 Å². The highest BCUT2D eigenvalue weighted by Gasteiger charge is 2.28. The summed E-state index contributed by atoms with van der Waals surface area (Å²) in [6.45, 7) is 0.917. The van der Waals surface area contributed by atoms with Gasteiger partial charge in [-0.25, -0.2) is 9.79 Å². The Balaban J connectivity index is 2.08. The number of nitrogens with zero attached hydrogens (tertiary/aromatic N) is 2. The van der Waals surface area contributed by atoms with Crippen LogP contribution in [0.5, 0.6) is 11.5 Å². The van der Waals surface area contributed by atoms with Gasteiger partial charge in [-0.15, -0.1) is 11.6 Å². The number of anilines is 1. The van der Waals surface area contributed by atoms with Gasteiger partial charge in [0.2, 0.25) is 6.79 Å². The second kappa shape index (κ2) is 5.09. The number of aliphatic imine (C=N–C) groups is 1. The minimum absolute atomic E-state index is 0.0956. The lowest BCUT2D eigenvalue weighted by atomic mass is 10.2. The van der Waals surface area contributed by atoms with Gasteiger partial charge in [-0.1, -0.05) is 0 Å². The standard InChI is InChI=1S/C12H12ClN3O4/c13-5-11(14)15-7-3-9-10(20-6-19-9)4-8(7)16-1-2-18-12(16)17/h3-4H,1-2,5-6H2,(H2,14,15). The number of ether oxygens (including phenoxy) is 3. The van der Waals surface area contributed by atoms with Gasteiger partial charge in [0.1, 0.15) is 12.4 Å². The van der Waals surface area contributed by atoms with Gasteiger partial charge in [-0.05, 0) is 0 Å². The van der Waals surface area contributed by atoms with Gasteiger partial charge in [0.05, 0.1) is 23.8 Å². The van der Waals surface area contributed by atoms with Gasteiger partial charge in [0, 0.05) is 12.1 Å². The maximum Gasteiger partial charge on any atom is 0.414 e. The zero-order valence-electron chi connectivity index (χ0n) is 10.5. The van der Waals surface area contributed by atoms with Gasteiger partial charge in [-0.3, -0.25) is 4.90 Å². The van der Waals surface area contributed by atoms with E-state index in [9.17, 15) is 4.79 Å². The summed E-state index contributed by atoms with van der Waals surface area (Å²) in [5.74, 6) is 1.46. The normalized spacial score (nSPS) is 17.6. The molecule has 0 spiro atoms. The fourth-order valence-electron chi connectivity index (χ4n) is 2.02. The number of nitrogens with two attached hydrogens (primary N) is 1. The van der Waals surface area contributed by atoms with Crippen LogP contribution in [0.15, 0.2) is 17.1 Å². The van der Waals surface area contributed by atoms with Crippen molar-refractivity contribution in [3.8, 4) is 11.5 Å². The lowest BCUT2D eigenvalue weighted by Crippen LogP contribution is -2.23. The second-order valence-corrected chi connectivity index (χ2v) is 4.46. The van der Waals surface area contributed by atoms with Crippen molar-refractivity contribution >= 4 is 34.9 Å². The first kappa shape index (κ1) is 12.9. The Morgan fingerprint density at radius 2 is 2.10 bits per heavy atom. The highest BCUT2D eigenvalue weighted by atomic mass is 35.5. The summed E-state index contributed by atoms with van der Waals surface area (Å²) in [5, 5.41) is 0. The summed E-state index contributed by atoms with van der Waals surface area (Å²) in [6, 6.07) is 3.36. The molecule has 1 aromatic rings. The molecule has 8 heteroatoms. The van der Waals surface area contributed by atoms with Crippen LogP contribution in [0.25, 0.3) is 0 Å². The Hall–Kier alpha value is -2.15. The molecule has 0 unspecified atom stereocenters. The smallest absolute Gasteiger partial charge is 0.414 e. The SMILES string of the molecule is NC(CCl)=Nc1cc2c(cc1N1CCOC1=O)OCO2. The topological polar surface area (TPSA) is 86.4 Å². The van der Waals surface area contributed by atoms with E-state index in [1.54, 1.807) is 12.1 Å². The highest BCUT2D eigenvalue weighted by molar-refractivity contribution is 6.28. The van der Waals surface area contributed by atoms with Crippen molar-refractivity contribution in [2.24, 2.45) is 10.7 Å². The summed E-state index contributed by atoms with van der Waals surface area (Å²) in [4.78, 5) is 17.4. The van der Waals surface area contributed by atoms with Crippen molar-refractivity contribution in [3.05, 3.63) is 12.1 Å². The van der Waals surface area contributed by atoms with Gasteiger partial charge in [0.25, 0.3) is 0 Å². The zero-order valence-corrected chi connectivity index (χ0v) is 11.2. The summed E-state index contributed by atoms with van der Waals surface area (Å²) in [7, 11) is 0. The number of hydrogen-bond donors (Lipinski definition) is 1. The number of alkyl halides is 1. The van der Waals surface area contributed by atoms with Crippen molar-refractivity contribution in [1.29, 1.82) is 0 Å². The van der Waals surface area contributed by atoms with Crippen LogP contribution in [0.2, 0.25) is 0 Å². The molecule has 2 aliphatic rings. The molecule has 106 valence electrons. The van der Waals surface area contributed by atoms with Crippen LogP contribution >= 0.6 is 11.6 Å².